The number of hydrogen-bond acceptors (Lipinski definition) is 8. The summed E-state index contributed by atoms with van der Waals surface area (Å²) in [5, 5.41) is 0.854. The molecule has 2 atom stereocenters. The molecule has 0 aliphatic carbocycles. The third-order valence-electron chi connectivity index (χ3n) is 6.19. The van der Waals surface area contributed by atoms with Crippen molar-refractivity contribution in [2.75, 3.05) is 60.2 Å². The molecule has 2 saturated heterocycles. The molecule has 2 heterocycles. The van der Waals surface area contributed by atoms with Crippen molar-refractivity contribution in [3.05, 3.63) is 59.7 Å². The van der Waals surface area contributed by atoms with Crippen LogP contribution in [0.25, 0.3) is 0 Å². The average molecular weight is 492 g/mol. The second kappa shape index (κ2) is 11.5. The minimum absolute atomic E-state index is 0.0836. The summed E-state index contributed by atoms with van der Waals surface area (Å²) in [4.78, 5) is 7.85. The molecule has 2 unspecified atom stereocenters. The molecule has 2 aromatic rings. The van der Waals surface area contributed by atoms with Crippen molar-refractivity contribution in [3.63, 3.8) is 0 Å². The largest absolute Gasteiger partial charge is 0.493 e. The number of ether oxygens (including phenoxy) is 3. The molecule has 4 rings (SSSR count). The molecule has 2 fully saturated rings. The first-order chi connectivity index (χ1) is 16.5. The summed E-state index contributed by atoms with van der Waals surface area (Å²) >= 11 is 0. The maximum atomic E-state index is 13.2. The van der Waals surface area contributed by atoms with Gasteiger partial charge in [0.2, 0.25) is 10.0 Å². The van der Waals surface area contributed by atoms with Crippen LogP contribution in [0.2, 0.25) is 0 Å². The summed E-state index contributed by atoms with van der Waals surface area (Å²) in [6, 6.07) is 14.9. The number of hydrogen-bond donors (Lipinski definition) is 1. The Bertz CT molecular complexity index is 1030. The van der Waals surface area contributed by atoms with Crippen molar-refractivity contribution in [1.82, 2.24) is 14.7 Å². The molecule has 10 heteroatoms. The molecule has 0 saturated carbocycles. The first-order valence-corrected chi connectivity index (χ1v) is 13.0. The fourth-order valence-corrected chi connectivity index (χ4v) is 5.78. The predicted molar refractivity (Wildman–Crippen MR) is 128 cm³/mol. The van der Waals surface area contributed by atoms with E-state index in [9.17, 15) is 8.42 Å². The van der Waals surface area contributed by atoms with Gasteiger partial charge in [0.1, 0.15) is 11.9 Å². The predicted octanol–water partition coefficient (Wildman–Crippen LogP) is 1.81. The molecule has 0 aromatic heterocycles. The lowest BCUT2D eigenvalue weighted by molar-refractivity contribution is -0.110. The number of nitrogens with zero attached hydrogens (tertiary/aromatic N) is 2. The molecule has 0 amide bonds. The van der Waals surface area contributed by atoms with E-state index in [1.807, 2.05) is 42.5 Å². The maximum Gasteiger partial charge on any atom is 0.218 e. The standard InChI is InChI=1S/C24H33N3O6S/c1-26-24(23(18-33-26)34(28,29)25-10-11-27-12-14-31-15-13-27)20-8-9-21(30-2)22(16-20)32-17-19-6-4-3-5-7-19/h3-9,16,23-25H,10-15,17-18H2,1-2H3. The first-order valence-electron chi connectivity index (χ1n) is 11.5. The van der Waals surface area contributed by atoms with Gasteiger partial charge >= 0.3 is 0 Å². The fourth-order valence-electron chi connectivity index (χ4n) is 4.28. The van der Waals surface area contributed by atoms with Crippen LogP contribution in [0.3, 0.4) is 0 Å². The van der Waals surface area contributed by atoms with E-state index in [0.29, 0.717) is 44.4 Å². The van der Waals surface area contributed by atoms with Gasteiger partial charge in [0.15, 0.2) is 11.5 Å². The van der Waals surface area contributed by atoms with E-state index >= 15 is 0 Å². The Balaban J connectivity index is 1.47. The van der Waals surface area contributed by atoms with Crippen LogP contribution in [0.5, 0.6) is 11.5 Å². The molecule has 0 bridgehead atoms. The van der Waals surface area contributed by atoms with Crippen LogP contribution in [0.15, 0.2) is 48.5 Å². The third-order valence-corrected chi connectivity index (χ3v) is 7.98. The summed E-state index contributed by atoms with van der Waals surface area (Å²) < 4.78 is 46.0. The SMILES string of the molecule is COc1ccc(C2C(S(=O)(=O)NCCN3CCOCC3)CON2C)cc1OCc1ccccc1. The van der Waals surface area contributed by atoms with Crippen LogP contribution in [0.4, 0.5) is 0 Å². The highest BCUT2D eigenvalue weighted by Crippen LogP contribution is 2.38. The van der Waals surface area contributed by atoms with Gasteiger partial charge < -0.3 is 14.2 Å². The van der Waals surface area contributed by atoms with Gasteiger partial charge in [0.25, 0.3) is 0 Å². The average Bonchev–Trinajstić information content (AvgIpc) is 3.26. The first kappa shape index (κ1) is 24.9. The van der Waals surface area contributed by atoms with Gasteiger partial charge in [-0.25, -0.2) is 13.1 Å². The van der Waals surface area contributed by atoms with Crippen LogP contribution >= 0.6 is 0 Å². The molecule has 1 N–H and O–H groups in total. The lowest BCUT2D eigenvalue weighted by Gasteiger charge is -2.27. The summed E-state index contributed by atoms with van der Waals surface area (Å²) in [7, 11) is -0.285. The summed E-state index contributed by atoms with van der Waals surface area (Å²) in [5.41, 5.74) is 1.81. The van der Waals surface area contributed by atoms with Gasteiger partial charge in [-0.05, 0) is 23.3 Å². The minimum atomic E-state index is -3.62. The van der Waals surface area contributed by atoms with E-state index < -0.39 is 21.3 Å². The van der Waals surface area contributed by atoms with Crippen molar-refractivity contribution in [2.24, 2.45) is 0 Å². The van der Waals surface area contributed by atoms with Gasteiger partial charge in [-0.15, -0.1) is 0 Å². The third kappa shape index (κ3) is 6.07. The Morgan fingerprint density at radius 2 is 1.85 bits per heavy atom. The van der Waals surface area contributed by atoms with Gasteiger partial charge in [-0.1, -0.05) is 36.4 Å². The molecule has 34 heavy (non-hydrogen) atoms. The van der Waals surface area contributed by atoms with Crippen LogP contribution in [0, 0.1) is 0 Å². The number of sulfonamides is 1. The van der Waals surface area contributed by atoms with Crippen molar-refractivity contribution in [2.45, 2.75) is 17.9 Å². The van der Waals surface area contributed by atoms with E-state index in [1.54, 1.807) is 25.3 Å². The van der Waals surface area contributed by atoms with Crippen molar-refractivity contribution in [3.8, 4) is 11.5 Å². The molecular formula is C24H33N3O6S. The van der Waals surface area contributed by atoms with Gasteiger partial charge in [-0.3, -0.25) is 9.74 Å². The van der Waals surface area contributed by atoms with Gasteiger partial charge in [0, 0.05) is 33.2 Å². The summed E-state index contributed by atoms with van der Waals surface area (Å²) in [6.45, 7) is 4.46. The summed E-state index contributed by atoms with van der Waals surface area (Å²) in [6.07, 6.45) is 0. The van der Waals surface area contributed by atoms with Crippen molar-refractivity contribution < 1.29 is 27.5 Å². The normalized spacial score (nSPS) is 22.1. The van der Waals surface area contributed by atoms with Gasteiger partial charge in [-0.2, -0.15) is 5.06 Å². The highest BCUT2D eigenvalue weighted by molar-refractivity contribution is 7.90. The molecule has 9 nitrogen and oxygen atoms in total. The van der Waals surface area contributed by atoms with Gasteiger partial charge in [0.05, 0.1) is 33.0 Å². The van der Waals surface area contributed by atoms with E-state index in [0.717, 1.165) is 24.2 Å². The monoisotopic (exact) mass is 491 g/mol. The molecule has 2 aliphatic heterocycles. The Morgan fingerprint density at radius 1 is 1.09 bits per heavy atom. The van der Waals surface area contributed by atoms with E-state index in [4.69, 9.17) is 19.0 Å². The zero-order valence-corrected chi connectivity index (χ0v) is 20.5. The number of morpholine rings is 1. The Labute approximate surface area is 201 Å². The number of rotatable bonds is 10. The zero-order chi connectivity index (χ0) is 24.0. The quantitative estimate of drug-likeness (QED) is 0.538. The molecular weight excluding hydrogens is 458 g/mol. The van der Waals surface area contributed by atoms with Crippen molar-refractivity contribution >= 4 is 10.0 Å². The Hall–Kier alpha value is -2.21. The number of nitrogens with one attached hydrogen (secondary N) is 1. The topological polar surface area (TPSA) is 89.6 Å². The van der Waals surface area contributed by atoms with Crippen LogP contribution in [-0.4, -0.2) is 83.8 Å². The second-order valence-electron chi connectivity index (χ2n) is 8.40. The van der Waals surface area contributed by atoms with E-state index in [2.05, 4.69) is 9.62 Å². The Morgan fingerprint density at radius 3 is 2.59 bits per heavy atom. The molecule has 0 spiro atoms. The Kier molecular flexibility index (Phi) is 8.41. The lowest BCUT2D eigenvalue weighted by Crippen LogP contribution is -2.44. The minimum Gasteiger partial charge on any atom is -0.493 e. The number of hydroxylamine groups is 2. The summed E-state index contributed by atoms with van der Waals surface area (Å²) in [5.74, 6) is 1.14. The molecule has 2 aliphatic rings. The van der Waals surface area contributed by atoms with E-state index in [-0.39, 0.29) is 6.61 Å². The van der Waals surface area contributed by atoms with Crippen LogP contribution < -0.4 is 14.2 Å². The fraction of sp³-hybridized carbons (Fsp3) is 0.500. The number of methoxy groups -OCH3 is 1. The zero-order valence-electron chi connectivity index (χ0n) is 19.7. The highest BCUT2D eigenvalue weighted by Gasteiger charge is 2.43. The maximum absolute atomic E-state index is 13.2. The lowest BCUT2D eigenvalue weighted by atomic mass is 10.0. The van der Waals surface area contributed by atoms with Crippen LogP contribution in [0.1, 0.15) is 17.2 Å². The molecule has 0 radical (unpaired) electrons. The second-order valence-corrected chi connectivity index (χ2v) is 10.4. The number of benzene rings is 2. The highest BCUT2D eigenvalue weighted by atomic mass is 32.2. The van der Waals surface area contributed by atoms with E-state index in [1.165, 1.54) is 0 Å². The van der Waals surface area contributed by atoms with Crippen LogP contribution in [-0.2, 0) is 26.2 Å². The van der Waals surface area contributed by atoms with Crippen molar-refractivity contribution in [1.29, 1.82) is 0 Å². The molecule has 2 aromatic carbocycles. The molecule has 186 valence electrons. The smallest absolute Gasteiger partial charge is 0.218 e.